The number of fused-ring (bicyclic) bond motifs is 2. The van der Waals surface area contributed by atoms with Crippen molar-refractivity contribution in [2.75, 3.05) is 14.2 Å². The van der Waals surface area contributed by atoms with Gasteiger partial charge in [0.25, 0.3) is 5.56 Å². The van der Waals surface area contributed by atoms with Crippen molar-refractivity contribution in [1.29, 1.82) is 0 Å². The molecule has 0 radical (unpaired) electrons. The Morgan fingerprint density at radius 3 is 2.64 bits per heavy atom. The van der Waals surface area contributed by atoms with Gasteiger partial charge in [0.2, 0.25) is 0 Å². The van der Waals surface area contributed by atoms with E-state index in [1.807, 2.05) is 53.2 Å². The lowest BCUT2D eigenvalue weighted by Crippen LogP contribution is -2.16. The maximum atomic E-state index is 12.4. The average molecular weight is 442 g/mol. The van der Waals surface area contributed by atoms with Gasteiger partial charge in [-0.3, -0.25) is 4.79 Å². The Morgan fingerprint density at radius 1 is 1.09 bits per heavy atom. The summed E-state index contributed by atoms with van der Waals surface area (Å²) in [5, 5.41) is 7.54. The molecule has 8 heteroatoms. The number of nitrogens with one attached hydrogen (secondary N) is 2. The van der Waals surface area contributed by atoms with Gasteiger partial charge in [0.1, 0.15) is 17.0 Å². The summed E-state index contributed by atoms with van der Waals surface area (Å²) in [6.07, 6.45) is 5.41. The van der Waals surface area contributed by atoms with Gasteiger partial charge in [0, 0.05) is 42.0 Å². The van der Waals surface area contributed by atoms with Crippen molar-refractivity contribution >= 4 is 16.9 Å². The molecule has 33 heavy (non-hydrogen) atoms. The smallest absolute Gasteiger partial charge is 0.341 e. The van der Waals surface area contributed by atoms with E-state index in [0.29, 0.717) is 17.8 Å². The molecule has 3 heterocycles. The third kappa shape index (κ3) is 3.65. The SMILES string of the molecule is COC(=O)c1cn(CC(c2ccc(OC)cc2)c2c[nH]c3ccccc23)cc2c(=O)[nH]nc1-2. The quantitative estimate of drug-likeness (QED) is 0.390. The zero-order chi connectivity index (χ0) is 22.9. The van der Waals surface area contributed by atoms with Crippen LogP contribution in [0.3, 0.4) is 0 Å². The zero-order valence-corrected chi connectivity index (χ0v) is 18.2. The Hall–Kier alpha value is -4.33. The molecular formula is C25H22N4O4. The number of hydrogen-bond donors (Lipinski definition) is 2. The molecule has 0 amide bonds. The Labute approximate surface area is 189 Å². The fraction of sp³-hybridized carbons (Fsp3) is 0.160. The third-order valence-electron chi connectivity index (χ3n) is 5.93. The number of benzene rings is 2. The number of H-pyrrole nitrogens is 2. The first-order valence-corrected chi connectivity index (χ1v) is 10.5. The summed E-state index contributed by atoms with van der Waals surface area (Å²) in [6.45, 7) is 0.485. The molecule has 2 aliphatic rings. The van der Waals surface area contributed by atoms with Crippen molar-refractivity contribution in [1.82, 2.24) is 19.7 Å². The summed E-state index contributed by atoms with van der Waals surface area (Å²) >= 11 is 0. The molecule has 0 saturated heterocycles. The molecule has 3 aromatic rings. The highest BCUT2D eigenvalue weighted by molar-refractivity contribution is 5.96. The van der Waals surface area contributed by atoms with Crippen molar-refractivity contribution in [3.05, 3.63) is 94.2 Å². The summed E-state index contributed by atoms with van der Waals surface area (Å²) in [6, 6.07) is 16.0. The summed E-state index contributed by atoms with van der Waals surface area (Å²) in [4.78, 5) is 28.1. The standard InChI is InChI=1S/C25H22N4O4/c1-32-16-9-7-15(8-10-16)19(18-11-26-22-6-4-3-5-17(18)22)12-29-13-20-23(27-28-24(20)30)21(14-29)25(31)33-2/h3-11,13-14,19,26H,12H2,1-2H3,(H,28,30). The first-order valence-electron chi connectivity index (χ1n) is 10.5. The Kier molecular flexibility index (Phi) is 5.18. The largest absolute Gasteiger partial charge is 0.497 e. The predicted octanol–water partition coefficient (Wildman–Crippen LogP) is 3.78. The maximum Gasteiger partial charge on any atom is 0.341 e. The maximum absolute atomic E-state index is 12.4. The molecular weight excluding hydrogens is 420 g/mol. The molecule has 8 nitrogen and oxygen atoms in total. The van der Waals surface area contributed by atoms with E-state index < -0.39 is 5.97 Å². The van der Waals surface area contributed by atoms with Crippen molar-refractivity contribution in [3.63, 3.8) is 0 Å². The lowest BCUT2D eigenvalue weighted by molar-refractivity contribution is 0.0600. The minimum atomic E-state index is -0.547. The van der Waals surface area contributed by atoms with Crippen LogP contribution in [0.1, 0.15) is 27.4 Å². The number of para-hydroxylation sites is 1. The van der Waals surface area contributed by atoms with Crippen LogP contribution in [-0.2, 0) is 11.3 Å². The summed E-state index contributed by atoms with van der Waals surface area (Å²) < 4.78 is 12.1. The fourth-order valence-corrected chi connectivity index (χ4v) is 4.27. The number of aromatic nitrogens is 4. The Bertz CT molecular complexity index is 1460. The molecule has 2 aromatic carbocycles. The van der Waals surface area contributed by atoms with Gasteiger partial charge < -0.3 is 19.0 Å². The van der Waals surface area contributed by atoms with Gasteiger partial charge in [-0.1, -0.05) is 30.3 Å². The number of carbonyl (C=O) groups excluding carboxylic acids is 1. The highest BCUT2D eigenvalue weighted by atomic mass is 16.5. The van der Waals surface area contributed by atoms with E-state index in [9.17, 15) is 9.59 Å². The normalized spacial score (nSPS) is 12.2. The molecule has 166 valence electrons. The number of esters is 1. The molecule has 0 aliphatic carbocycles. The molecule has 0 spiro atoms. The van der Waals surface area contributed by atoms with Crippen LogP contribution in [0, 0.1) is 0 Å². The van der Waals surface area contributed by atoms with Crippen LogP contribution in [0.5, 0.6) is 5.75 Å². The molecule has 2 N–H and O–H groups in total. The Balaban J connectivity index is 1.65. The van der Waals surface area contributed by atoms with Crippen LogP contribution in [0.25, 0.3) is 22.2 Å². The Morgan fingerprint density at radius 2 is 1.88 bits per heavy atom. The molecule has 1 aromatic heterocycles. The molecule has 1 unspecified atom stereocenters. The summed E-state index contributed by atoms with van der Waals surface area (Å²) in [5.41, 5.74) is 3.75. The number of pyridine rings is 1. The lowest BCUT2D eigenvalue weighted by Gasteiger charge is -2.21. The van der Waals surface area contributed by atoms with E-state index in [2.05, 4.69) is 21.2 Å². The van der Waals surface area contributed by atoms with Crippen molar-refractivity contribution < 1.29 is 14.3 Å². The zero-order valence-electron chi connectivity index (χ0n) is 18.2. The summed E-state index contributed by atoms with van der Waals surface area (Å²) in [5.74, 6) is 0.156. The second-order valence-electron chi connectivity index (χ2n) is 7.79. The van der Waals surface area contributed by atoms with E-state index in [-0.39, 0.29) is 17.0 Å². The topological polar surface area (TPSA) is 102 Å². The van der Waals surface area contributed by atoms with E-state index in [1.54, 1.807) is 19.5 Å². The van der Waals surface area contributed by atoms with Crippen LogP contribution < -0.4 is 10.3 Å². The van der Waals surface area contributed by atoms with E-state index in [4.69, 9.17) is 9.47 Å². The second kappa shape index (κ2) is 8.31. The molecule has 0 fully saturated rings. The van der Waals surface area contributed by atoms with Crippen LogP contribution in [0.2, 0.25) is 0 Å². The highest BCUT2D eigenvalue weighted by Gasteiger charge is 2.24. The highest BCUT2D eigenvalue weighted by Crippen LogP contribution is 2.34. The van der Waals surface area contributed by atoms with Crippen molar-refractivity contribution in [2.24, 2.45) is 0 Å². The van der Waals surface area contributed by atoms with Crippen LogP contribution >= 0.6 is 0 Å². The third-order valence-corrected chi connectivity index (χ3v) is 5.93. The van der Waals surface area contributed by atoms with E-state index in [0.717, 1.165) is 27.8 Å². The molecule has 0 bridgehead atoms. The number of rotatable bonds is 6. The minimum Gasteiger partial charge on any atom is -0.497 e. The van der Waals surface area contributed by atoms with Crippen LogP contribution in [-0.4, -0.2) is 39.9 Å². The number of aromatic amines is 2. The average Bonchev–Trinajstić information content (AvgIpc) is 3.45. The van der Waals surface area contributed by atoms with Gasteiger partial charge in [0.15, 0.2) is 0 Å². The van der Waals surface area contributed by atoms with Crippen LogP contribution in [0.15, 0.2) is 71.9 Å². The minimum absolute atomic E-state index is 0.0676. The fourth-order valence-electron chi connectivity index (χ4n) is 4.27. The van der Waals surface area contributed by atoms with Gasteiger partial charge in [-0.25, -0.2) is 9.89 Å². The number of carbonyl (C=O) groups is 1. The van der Waals surface area contributed by atoms with Gasteiger partial charge in [-0.2, -0.15) is 5.10 Å². The molecule has 5 rings (SSSR count). The summed E-state index contributed by atoms with van der Waals surface area (Å²) in [7, 11) is 2.94. The van der Waals surface area contributed by atoms with Gasteiger partial charge in [0.05, 0.1) is 19.8 Å². The van der Waals surface area contributed by atoms with Crippen molar-refractivity contribution in [2.45, 2.75) is 12.5 Å². The lowest BCUT2D eigenvalue weighted by atomic mass is 9.90. The van der Waals surface area contributed by atoms with Gasteiger partial charge >= 0.3 is 5.97 Å². The number of hydrogen-bond acceptors (Lipinski definition) is 5. The van der Waals surface area contributed by atoms with Crippen molar-refractivity contribution in [3.8, 4) is 17.0 Å². The first-order chi connectivity index (χ1) is 16.1. The predicted molar refractivity (Wildman–Crippen MR) is 124 cm³/mol. The monoisotopic (exact) mass is 442 g/mol. The molecule has 1 atom stereocenters. The molecule has 2 aliphatic heterocycles. The van der Waals surface area contributed by atoms with Gasteiger partial charge in [-0.15, -0.1) is 0 Å². The number of methoxy groups -OCH3 is 2. The molecule has 0 saturated carbocycles. The van der Waals surface area contributed by atoms with Gasteiger partial charge in [-0.05, 0) is 29.3 Å². The first kappa shape index (κ1) is 20.6. The number of nitrogens with zero attached hydrogens (tertiary/aromatic N) is 2. The van der Waals surface area contributed by atoms with E-state index in [1.165, 1.54) is 7.11 Å². The number of ether oxygens (including phenoxy) is 2. The van der Waals surface area contributed by atoms with E-state index >= 15 is 0 Å². The second-order valence-corrected chi connectivity index (χ2v) is 7.79. The van der Waals surface area contributed by atoms with Crippen LogP contribution in [0.4, 0.5) is 0 Å².